The molecule has 0 aromatic heterocycles. The number of carbonyl (C=O) groups is 1. The minimum Gasteiger partial charge on any atom is -0.375 e. The highest BCUT2D eigenvalue weighted by atomic mass is 32.2. The van der Waals surface area contributed by atoms with Crippen LogP contribution in [0.3, 0.4) is 0 Å². The minimum atomic E-state index is -3.29. The molecule has 9 heteroatoms. The lowest BCUT2D eigenvalue weighted by atomic mass is 9.82. The molecule has 30 heavy (non-hydrogen) atoms. The summed E-state index contributed by atoms with van der Waals surface area (Å²) in [5.74, 6) is -1.82. The van der Waals surface area contributed by atoms with Crippen molar-refractivity contribution in [1.82, 2.24) is 9.21 Å². The van der Waals surface area contributed by atoms with Crippen molar-refractivity contribution in [3.63, 3.8) is 0 Å². The summed E-state index contributed by atoms with van der Waals surface area (Å²) < 4.78 is 60.6. The van der Waals surface area contributed by atoms with E-state index in [-0.39, 0.29) is 23.4 Å². The number of hydrogen-bond acceptors (Lipinski definition) is 4. The van der Waals surface area contributed by atoms with Crippen molar-refractivity contribution in [2.45, 2.75) is 63.1 Å². The van der Waals surface area contributed by atoms with Crippen LogP contribution in [-0.4, -0.2) is 66.7 Å². The Morgan fingerprint density at radius 1 is 1.20 bits per heavy atom. The van der Waals surface area contributed by atoms with Gasteiger partial charge in [0.05, 0.1) is 16.9 Å². The van der Waals surface area contributed by atoms with Crippen molar-refractivity contribution in [3.8, 4) is 0 Å². The molecule has 2 heterocycles. The third-order valence-electron chi connectivity index (χ3n) is 6.54. The second-order valence-corrected chi connectivity index (χ2v) is 10.7. The first-order valence-corrected chi connectivity index (χ1v) is 12.2. The van der Waals surface area contributed by atoms with Gasteiger partial charge in [0.1, 0.15) is 11.6 Å². The molecule has 4 rings (SSSR count). The average Bonchev–Trinajstić information content (AvgIpc) is 3.55. The van der Waals surface area contributed by atoms with Gasteiger partial charge in [-0.15, -0.1) is 0 Å². The topological polar surface area (TPSA) is 66.9 Å². The van der Waals surface area contributed by atoms with Crippen molar-refractivity contribution >= 4 is 15.9 Å². The van der Waals surface area contributed by atoms with Gasteiger partial charge in [0.15, 0.2) is 0 Å². The lowest BCUT2D eigenvalue weighted by Gasteiger charge is -2.48. The van der Waals surface area contributed by atoms with E-state index in [0.717, 1.165) is 31.0 Å². The van der Waals surface area contributed by atoms with Crippen LogP contribution in [0.25, 0.3) is 0 Å². The van der Waals surface area contributed by atoms with Gasteiger partial charge in [-0.3, -0.25) is 4.79 Å². The van der Waals surface area contributed by atoms with Gasteiger partial charge < -0.3 is 9.64 Å². The average molecular weight is 443 g/mol. The van der Waals surface area contributed by atoms with Crippen LogP contribution in [0, 0.1) is 11.6 Å². The molecule has 1 aromatic rings. The van der Waals surface area contributed by atoms with Crippen molar-refractivity contribution in [3.05, 3.63) is 35.4 Å². The van der Waals surface area contributed by atoms with Gasteiger partial charge in [-0.2, -0.15) is 4.31 Å². The Hall–Kier alpha value is -1.58. The summed E-state index contributed by atoms with van der Waals surface area (Å²) in [6.07, 6.45) is 4.21. The summed E-state index contributed by atoms with van der Waals surface area (Å²) in [7, 11) is -3.29. The van der Waals surface area contributed by atoms with Crippen LogP contribution in [0.1, 0.15) is 55.8 Å². The molecule has 2 saturated heterocycles. The maximum Gasteiger partial charge on any atom is 0.256 e. The number of sulfonamides is 1. The van der Waals surface area contributed by atoms with Crippen LogP contribution < -0.4 is 0 Å². The standard InChI is InChI=1S/C21H28F2N2O4S/c1-2-30(27,28)25(16-4-5-16)17-7-12-29-21(14-17)8-10-24(11-9-21)20(26)18-13-15(22)3-6-19(18)23/h3,6,13,16-17H,2,4-5,7-12,14H2,1H3. The smallest absolute Gasteiger partial charge is 0.256 e. The number of piperidine rings is 1. The Labute approximate surface area is 176 Å². The van der Waals surface area contributed by atoms with E-state index in [9.17, 15) is 22.0 Å². The molecule has 0 bridgehead atoms. The van der Waals surface area contributed by atoms with Gasteiger partial charge in [-0.25, -0.2) is 17.2 Å². The molecule has 1 aromatic carbocycles. The summed E-state index contributed by atoms with van der Waals surface area (Å²) >= 11 is 0. The number of halogens is 2. The van der Waals surface area contributed by atoms with E-state index in [2.05, 4.69) is 0 Å². The van der Waals surface area contributed by atoms with Crippen LogP contribution in [0.4, 0.5) is 8.78 Å². The predicted octanol–water partition coefficient (Wildman–Crippen LogP) is 2.93. The predicted molar refractivity (Wildman–Crippen MR) is 108 cm³/mol. The number of nitrogens with zero attached hydrogens (tertiary/aromatic N) is 2. The van der Waals surface area contributed by atoms with Gasteiger partial charge >= 0.3 is 0 Å². The SMILES string of the molecule is CCS(=O)(=O)N(C1CC1)C1CCOC2(CCN(C(=O)c3cc(F)ccc3F)CC2)C1. The third-order valence-corrected chi connectivity index (χ3v) is 8.51. The summed E-state index contributed by atoms with van der Waals surface area (Å²) in [6, 6.07) is 2.90. The number of benzene rings is 1. The highest BCUT2D eigenvalue weighted by Crippen LogP contribution is 2.41. The Balaban J connectivity index is 1.44. The zero-order chi connectivity index (χ0) is 21.5. The van der Waals surface area contributed by atoms with E-state index in [0.29, 0.717) is 45.4 Å². The molecule has 1 saturated carbocycles. The second kappa shape index (κ2) is 8.16. The van der Waals surface area contributed by atoms with Crippen molar-refractivity contribution in [1.29, 1.82) is 0 Å². The van der Waals surface area contributed by atoms with E-state index in [1.165, 1.54) is 4.90 Å². The van der Waals surface area contributed by atoms with E-state index in [4.69, 9.17) is 4.74 Å². The molecule has 1 aliphatic carbocycles. The molecular formula is C21H28F2N2O4S. The van der Waals surface area contributed by atoms with Crippen LogP contribution in [0.5, 0.6) is 0 Å². The third kappa shape index (κ3) is 4.24. The van der Waals surface area contributed by atoms with Gasteiger partial charge in [-0.05, 0) is 63.6 Å². The lowest BCUT2D eigenvalue weighted by molar-refractivity contribution is -0.123. The zero-order valence-electron chi connectivity index (χ0n) is 17.1. The van der Waals surface area contributed by atoms with Gasteiger partial charge in [0.2, 0.25) is 10.0 Å². The first-order valence-electron chi connectivity index (χ1n) is 10.6. The maximum absolute atomic E-state index is 14.0. The maximum atomic E-state index is 14.0. The molecule has 6 nitrogen and oxygen atoms in total. The second-order valence-electron chi connectivity index (χ2n) is 8.56. The highest BCUT2D eigenvalue weighted by molar-refractivity contribution is 7.89. The Morgan fingerprint density at radius 3 is 2.53 bits per heavy atom. The molecule has 3 aliphatic rings. The molecule has 1 unspecified atom stereocenters. The first kappa shape index (κ1) is 21.6. The molecule has 1 amide bonds. The van der Waals surface area contributed by atoms with E-state index in [1.54, 1.807) is 11.2 Å². The lowest BCUT2D eigenvalue weighted by Crippen LogP contribution is -2.56. The van der Waals surface area contributed by atoms with Crippen LogP contribution in [-0.2, 0) is 14.8 Å². The first-order chi connectivity index (χ1) is 14.2. The fourth-order valence-corrected chi connectivity index (χ4v) is 6.34. The van der Waals surface area contributed by atoms with Crippen LogP contribution >= 0.6 is 0 Å². The molecule has 166 valence electrons. The quantitative estimate of drug-likeness (QED) is 0.703. The fraction of sp³-hybridized carbons (Fsp3) is 0.667. The highest BCUT2D eigenvalue weighted by Gasteiger charge is 2.48. The fourth-order valence-electron chi connectivity index (χ4n) is 4.75. The summed E-state index contributed by atoms with van der Waals surface area (Å²) in [6.45, 7) is 2.89. The number of carbonyl (C=O) groups excluding carboxylic acids is 1. The van der Waals surface area contributed by atoms with Crippen molar-refractivity contribution < 1.29 is 26.7 Å². The molecular weight excluding hydrogens is 414 g/mol. The number of amides is 1. The normalized spacial score (nSPS) is 24.4. The monoisotopic (exact) mass is 442 g/mol. The van der Waals surface area contributed by atoms with Gasteiger partial charge in [-0.1, -0.05) is 0 Å². The van der Waals surface area contributed by atoms with Crippen molar-refractivity contribution in [2.24, 2.45) is 0 Å². The Kier molecular flexibility index (Phi) is 5.89. The van der Waals surface area contributed by atoms with Gasteiger partial charge in [0.25, 0.3) is 5.91 Å². The van der Waals surface area contributed by atoms with E-state index < -0.39 is 33.2 Å². The van der Waals surface area contributed by atoms with E-state index in [1.807, 2.05) is 0 Å². The number of likely N-dealkylation sites (tertiary alicyclic amines) is 1. The van der Waals surface area contributed by atoms with Gasteiger partial charge in [0, 0.05) is 31.8 Å². The molecule has 1 spiro atoms. The van der Waals surface area contributed by atoms with Crippen LogP contribution in [0.15, 0.2) is 18.2 Å². The largest absolute Gasteiger partial charge is 0.375 e. The molecule has 3 fully saturated rings. The molecule has 1 atom stereocenters. The number of hydrogen-bond donors (Lipinski definition) is 0. The Morgan fingerprint density at radius 2 is 1.90 bits per heavy atom. The number of rotatable bonds is 5. The molecule has 0 N–H and O–H groups in total. The van der Waals surface area contributed by atoms with Crippen LogP contribution in [0.2, 0.25) is 0 Å². The zero-order valence-corrected chi connectivity index (χ0v) is 18.0. The number of ether oxygens (including phenoxy) is 1. The minimum absolute atomic E-state index is 0.0842. The summed E-state index contributed by atoms with van der Waals surface area (Å²) in [5, 5.41) is 0. The summed E-state index contributed by atoms with van der Waals surface area (Å²) in [5.41, 5.74) is -0.737. The molecule has 2 aliphatic heterocycles. The van der Waals surface area contributed by atoms with Crippen molar-refractivity contribution in [2.75, 3.05) is 25.4 Å². The summed E-state index contributed by atoms with van der Waals surface area (Å²) in [4.78, 5) is 14.2. The van der Waals surface area contributed by atoms with E-state index >= 15 is 0 Å². The Bertz CT molecular complexity index is 912. The molecule has 0 radical (unpaired) electrons.